The van der Waals surface area contributed by atoms with Crippen LogP contribution in [0, 0.1) is 5.92 Å². The molecule has 2 fully saturated rings. The van der Waals surface area contributed by atoms with E-state index in [-0.39, 0.29) is 11.8 Å². The second-order valence-electron chi connectivity index (χ2n) is 5.70. The van der Waals surface area contributed by atoms with Crippen LogP contribution in [0.1, 0.15) is 24.1 Å². The van der Waals surface area contributed by atoms with Gasteiger partial charge in [0.15, 0.2) is 5.13 Å². The Morgan fingerprint density at radius 2 is 2.29 bits per heavy atom. The van der Waals surface area contributed by atoms with E-state index in [0.29, 0.717) is 6.54 Å². The summed E-state index contributed by atoms with van der Waals surface area (Å²) in [4.78, 5) is 20.2. The van der Waals surface area contributed by atoms with Crippen molar-refractivity contribution in [2.24, 2.45) is 5.92 Å². The molecule has 1 amide bonds. The lowest BCUT2D eigenvalue weighted by Crippen LogP contribution is -2.25. The molecule has 0 aliphatic carbocycles. The fraction of sp³-hybridized carbons (Fsp3) is 0.714. The summed E-state index contributed by atoms with van der Waals surface area (Å²) < 4.78 is 0. The smallest absolute Gasteiger partial charge is 0.230 e. The summed E-state index contributed by atoms with van der Waals surface area (Å²) >= 11 is 1.59. The standard InChI is InChI=1S/C14H22N5OS/c1-15-19-7-4-11(9-19)13(20)17-14-16-8-12(21-14)10-18-5-2-3-6-18/h8,11H,2-7,9-10H2,1H3,(H,16,17,20)/q-1. The number of nitrogens with zero attached hydrogens (tertiary/aromatic N) is 4. The van der Waals surface area contributed by atoms with Crippen LogP contribution in [0.5, 0.6) is 0 Å². The van der Waals surface area contributed by atoms with Gasteiger partial charge in [-0.3, -0.25) is 9.69 Å². The number of carbonyl (C=O) groups is 1. The van der Waals surface area contributed by atoms with E-state index in [1.165, 1.54) is 30.8 Å². The van der Waals surface area contributed by atoms with E-state index in [1.54, 1.807) is 18.4 Å². The monoisotopic (exact) mass is 308 g/mol. The van der Waals surface area contributed by atoms with Crippen molar-refractivity contribution < 1.29 is 4.79 Å². The van der Waals surface area contributed by atoms with Crippen molar-refractivity contribution in [3.05, 3.63) is 16.5 Å². The average molecular weight is 308 g/mol. The predicted molar refractivity (Wildman–Crippen MR) is 84.2 cm³/mol. The zero-order valence-corrected chi connectivity index (χ0v) is 13.2. The minimum Gasteiger partial charge on any atom is -0.597 e. The number of amides is 1. The van der Waals surface area contributed by atoms with Crippen LogP contribution < -0.4 is 5.32 Å². The molecule has 1 atom stereocenters. The normalized spacial score (nSPS) is 23.8. The number of rotatable bonds is 5. The van der Waals surface area contributed by atoms with Crippen molar-refractivity contribution in [2.75, 3.05) is 38.5 Å². The fourth-order valence-electron chi connectivity index (χ4n) is 2.94. The molecule has 1 aromatic rings. The fourth-order valence-corrected chi connectivity index (χ4v) is 3.80. The van der Waals surface area contributed by atoms with E-state index in [9.17, 15) is 4.79 Å². The highest BCUT2D eigenvalue weighted by atomic mass is 32.1. The Morgan fingerprint density at radius 1 is 1.48 bits per heavy atom. The quantitative estimate of drug-likeness (QED) is 0.902. The van der Waals surface area contributed by atoms with Crippen LogP contribution in [0.15, 0.2) is 6.20 Å². The molecule has 6 nitrogen and oxygen atoms in total. The van der Waals surface area contributed by atoms with Gasteiger partial charge in [0.2, 0.25) is 5.91 Å². The summed E-state index contributed by atoms with van der Waals surface area (Å²) in [7, 11) is 1.77. The van der Waals surface area contributed by atoms with Gasteiger partial charge in [-0.1, -0.05) is 0 Å². The van der Waals surface area contributed by atoms with E-state index < -0.39 is 0 Å². The molecule has 0 saturated carbocycles. The van der Waals surface area contributed by atoms with Gasteiger partial charge in [-0.05, 0) is 45.4 Å². The van der Waals surface area contributed by atoms with E-state index in [1.807, 2.05) is 11.2 Å². The lowest BCUT2D eigenvalue weighted by Gasteiger charge is -2.28. The number of anilines is 1. The van der Waals surface area contributed by atoms with Crippen LogP contribution >= 0.6 is 11.3 Å². The minimum atomic E-state index is 0.0274. The Kier molecular flexibility index (Phi) is 4.84. The molecule has 7 heteroatoms. The van der Waals surface area contributed by atoms with Gasteiger partial charge in [-0.25, -0.2) is 4.98 Å². The first-order valence-electron chi connectivity index (χ1n) is 7.57. The third-order valence-electron chi connectivity index (χ3n) is 4.18. The molecule has 2 saturated heterocycles. The molecule has 1 aromatic heterocycles. The Bertz CT molecular complexity index is 485. The summed E-state index contributed by atoms with van der Waals surface area (Å²) in [5, 5.41) is 5.63. The summed E-state index contributed by atoms with van der Waals surface area (Å²) in [6, 6.07) is 0. The number of thiazole rings is 1. The van der Waals surface area contributed by atoms with Crippen molar-refractivity contribution in [1.82, 2.24) is 14.9 Å². The summed E-state index contributed by atoms with van der Waals surface area (Å²) in [5.74, 6) is 0.0999. The van der Waals surface area contributed by atoms with Gasteiger partial charge in [0.05, 0.1) is 5.92 Å². The predicted octanol–water partition coefficient (Wildman–Crippen LogP) is 1.92. The van der Waals surface area contributed by atoms with E-state index in [0.717, 1.165) is 24.6 Å². The van der Waals surface area contributed by atoms with E-state index >= 15 is 0 Å². The maximum atomic E-state index is 12.2. The Balaban J connectivity index is 1.50. The molecule has 21 heavy (non-hydrogen) atoms. The maximum Gasteiger partial charge on any atom is 0.230 e. The van der Waals surface area contributed by atoms with Crippen LogP contribution in [0.4, 0.5) is 5.13 Å². The van der Waals surface area contributed by atoms with Crippen LogP contribution in [0.3, 0.4) is 0 Å². The van der Waals surface area contributed by atoms with Crippen molar-refractivity contribution in [3.8, 4) is 0 Å². The maximum absolute atomic E-state index is 12.2. The summed E-state index contributed by atoms with van der Waals surface area (Å²) in [5.41, 5.74) is 4.12. The molecular formula is C14H22N5OS-. The van der Waals surface area contributed by atoms with E-state index in [2.05, 4.69) is 20.6 Å². The summed E-state index contributed by atoms with van der Waals surface area (Å²) in [6.07, 6.45) is 5.35. The van der Waals surface area contributed by atoms with Crippen molar-refractivity contribution in [3.63, 3.8) is 0 Å². The number of hydrogen-bond acceptors (Lipinski definition) is 5. The number of likely N-dealkylation sites (tertiary alicyclic amines) is 1. The number of nitrogens with one attached hydrogen (secondary N) is 1. The number of carbonyl (C=O) groups excluding carboxylic acids is 1. The molecule has 0 radical (unpaired) electrons. The highest BCUT2D eigenvalue weighted by Gasteiger charge is 2.25. The number of hydrogen-bond donors (Lipinski definition) is 1. The third kappa shape index (κ3) is 3.79. The SMILES string of the molecule is C[N-]N1CCC(C(=O)Nc2ncc(CN3CCCC3)s2)C1. The van der Waals surface area contributed by atoms with Gasteiger partial charge in [-0.15, -0.1) is 11.3 Å². The molecule has 1 N–H and O–H groups in total. The van der Waals surface area contributed by atoms with Crippen LogP contribution in [-0.4, -0.2) is 54.0 Å². The molecule has 116 valence electrons. The lowest BCUT2D eigenvalue weighted by molar-refractivity contribution is -0.119. The van der Waals surface area contributed by atoms with Gasteiger partial charge < -0.3 is 15.8 Å². The Labute approximate surface area is 129 Å². The Morgan fingerprint density at radius 3 is 3.00 bits per heavy atom. The zero-order valence-electron chi connectivity index (χ0n) is 12.4. The number of aromatic nitrogens is 1. The minimum absolute atomic E-state index is 0.0274. The first-order chi connectivity index (χ1) is 10.2. The molecule has 3 rings (SSSR count). The molecule has 2 aliphatic rings. The second kappa shape index (κ2) is 6.83. The third-order valence-corrected chi connectivity index (χ3v) is 5.08. The zero-order chi connectivity index (χ0) is 14.7. The highest BCUT2D eigenvalue weighted by molar-refractivity contribution is 7.15. The molecular weight excluding hydrogens is 286 g/mol. The van der Waals surface area contributed by atoms with E-state index in [4.69, 9.17) is 0 Å². The van der Waals surface area contributed by atoms with Gasteiger partial charge in [-0.2, -0.15) is 7.05 Å². The topological polar surface area (TPSA) is 62.6 Å². The molecule has 1 unspecified atom stereocenters. The van der Waals surface area contributed by atoms with Crippen LogP contribution in [0.2, 0.25) is 0 Å². The van der Waals surface area contributed by atoms with Crippen molar-refractivity contribution >= 4 is 22.4 Å². The molecule has 0 aromatic carbocycles. The van der Waals surface area contributed by atoms with Gasteiger partial charge >= 0.3 is 0 Å². The van der Waals surface area contributed by atoms with Gasteiger partial charge in [0, 0.05) is 17.6 Å². The second-order valence-corrected chi connectivity index (χ2v) is 6.82. The highest BCUT2D eigenvalue weighted by Crippen LogP contribution is 2.24. The first-order valence-corrected chi connectivity index (χ1v) is 8.39. The van der Waals surface area contributed by atoms with Crippen molar-refractivity contribution in [2.45, 2.75) is 25.8 Å². The van der Waals surface area contributed by atoms with Gasteiger partial charge in [0.1, 0.15) is 0 Å². The largest absolute Gasteiger partial charge is 0.597 e. The van der Waals surface area contributed by atoms with Crippen LogP contribution in [0.25, 0.3) is 5.43 Å². The van der Waals surface area contributed by atoms with Gasteiger partial charge in [0.25, 0.3) is 0 Å². The summed E-state index contributed by atoms with van der Waals surface area (Å²) in [6.45, 7) is 4.90. The molecule has 2 aliphatic heterocycles. The lowest BCUT2D eigenvalue weighted by atomic mass is 10.1. The molecule has 0 spiro atoms. The van der Waals surface area contributed by atoms with Crippen molar-refractivity contribution in [1.29, 1.82) is 0 Å². The Hall–Kier alpha value is -1.02. The van der Waals surface area contributed by atoms with Crippen LogP contribution in [-0.2, 0) is 11.3 Å². The first kappa shape index (κ1) is 14.9. The molecule has 0 bridgehead atoms. The molecule has 3 heterocycles. The average Bonchev–Trinajstić information content (AvgIpc) is 3.20.